The molecule has 3 rings (SSSR count). The van der Waals surface area contributed by atoms with Crippen LogP contribution in [-0.4, -0.2) is 41.2 Å². The van der Waals surface area contributed by atoms with E-state index in [1.165, 1.54) is 0 Å². The standard InChI is InChI=1S/C15H17N3O3/c1-18(15(19)12-7-8-20-10-12)9-13-16-14(17-21-13)11-5-3-2-4-6-11/h2-6,12H,7-10H2,1H3. The first kappa shape index (κ1) is 13.8. The normalized spacial score (nSPS) is 17.9. The molecule has 1 unspecified atom stereocenters. The molecule has 1 saturated heterocycles. The minimum Gasteiger partial charge on any atom is -0.381 e. The van der Waals surface area contributed by atoms with Crippen LogP contribution < -0.4 is 0 Å². The van der Waals surface area contributed by atoms with Crippen LogP contribution in [0.1, 0.15) is 12.3 Å². The Labute approximate surface area is 122 Å². The van der Waals surface area contributed by atoms with Gasteiger partial charge < -0.3 is 14.2 Å². The summed E-state index contributed by atoms with van der Waals surface area (Å²) < 4.78 is 10.5. The maximum atomic E-state index is 12.2. The van der Waals surface area contributed by atoms with Crippen molar-refractivity contribution in [2.45, 2.75) is 13.0 Å². The number of ether oxygens (including phenoxy) is 1. The van der Waals surface area contributed by atoms with Crippen molar-refractivity contribution >= 4 is 5.91 Å². The molecular weight excluding hydrogens is 270 g/mol. The molecule has 0 N–H and O–H groups in total. The van der Waals surface area contributed by atoms with Gasteiger partial charge in [-0.05, 0) is 6.42 Å². The summed E-state index contributed by atoms with van der Waals surface area (Å²) in [5, 5.41) is 3.95. The van der Waals surface area contributed by atoms with E-state index in [9.17, 15) is 4.79 Å². The van der Waals surface area contributed by atoms with Gasteiger partial charge in [-0.1, -0.05) is 35.5 Å². The molecule has 1 aromatic carbocycles. The van der Waals surface area contributed by atoms with Crippen LogP contribution in [0.4, 0.5) is 0 Å². The first-order valence-electron chi connectivity index (χ1n) is 6.95. The van der Waals surface area contributed by atoms with Crippen molar-refractivity contribution in [2.75, 3.05) is 20.3 Å². The van der Waals surface area contributed by atoms with Gasteiger partial charge in [0.05, 0.1) is 19.1 Å². The summed E-state index contributed by atoms with van der Waals surface area (Å²) in [4.78, 5) is 18.1. The monoisotopic (exact) mass is 287 g/mol. The summed E-state index contributed by atoms with van der Waals surface area (Å²) in [6.07, 6.45) is 0.780. The Morgan fingerprint density at radius 3 is 2.90 bits per heavy atom. The van der Waals surface area contributed by atoms with Crippen LogP contribution >= 0.6 is 0 Å². The zero-order chi connectivity index (χ0) is 14.7. The van der Waals surface area contributed by atoms with E-state index in [2.05, 4.69) is 10.1 Å². The fourth-order valence-corrected chi connectivity index (χ4v) is 2.35. The molecule has 0 aliphatic carbocycles. The van der Waals surface area contributed by atoms with Gasteiger partial charge in [-0.25, -0.2) is 0 Å². The summed E-state index contributed by atoms with van der Waals surface area (Å²) in [6, 6.07) is 9.60. The van der Waals surface area contributed by atoms with Crippen LogP contribution in [0.5, 0.6) is 0 Å². The highest BCUT2D eigenvalue weighted by Gasteiger charge is 2.27. The van der Waals surface area contributed by atoms with Gasteiger partial charge in [-0.3, -0.25) is 4.79 Å². The number of carbonyl (C=O) groups is 1. The lowest BCUT2D eigenvalue weighted by molar-refractivity contribution is -0.135. The molecule has 1 aromatic heterocycles. The smallest absolute Gasteiger partial charge is 0.246 e. The van der Waals surface area contributed by atoms with Crippen molar-refractivity contribution < 1.29 is 14.1 Å². The van der Waals surface area contributed by atoms with Gasteiger partial charge >= 0.3 is 0 Å². The number of hydrogen-bond donors (Lipinski definition) is 0. The quantitative estimate of drug-likeness (QED) is 0.856. The van der Waals surface area contributed by atoms with Gasteiger partial charge in [-0.2, -0.15) is 4.98 Å². The highest BCUT2D eigenvalue weighted by atomic mass is 16.5. The third-order valence-corrected chi connectivity index (χ3v) is 3.53. The van der Waals surface area contributed by atoms with E-state index in [0.717, 1.165) is 12.0 Å². The van der Waals surface area contributed by atoms with Crippen LogP contribution in [0.15, 0.2) is 34.9 Å². The minimum atomic E-state index is -0.0495. The lowest BCUT2D eigenvalue weighted by atomic mass is 10.1. The number of nitrogens with zero attached hydrogens (tertiary/aromatic N) is 3. The van der Waals surface area contributed by atoms with Crippen molar-refractivity contribution in [1.82, 2.24) is 15.0 Å². The van der Waals surface area contributed by atoms with Gasteiger partial charge in [0.25, 0.3) is 0 Å². The van der Waals surface area contributed by atoms with Crippen molar-refractivity contribution in [3.05, 3.63) is 36.2 Å². The number of hydrogen-bond acceptors (Lipinski definition) is 5. The van der Waals surface area contributed by atoms with Crippen LogP contribution in [-0.2, 0) is 16.1 Å². The Morgan fingerprint density at radius 1 is 1.38 bits per heavy atom. The molecule has 0 radical (unpaired) electrons. The summed E-state index contributed by atoms with van der Waals surface area (Å²) in [5.74, 6) is 0.984. The third kappa shape index (κ3) is 3.11. The van der Waals surface area contributed by atoms with Crippen molar-refractivity contribution in [1.29, 1.82) is 0 Å². The second-order valence-corrected chi connectivity index (χ2v) is 5.13. The molecular formula is C15H17N3O3. The van der Waals surface area contributed by atoms with Crippen LogP contribution in [0.3, 0.4) is 0 Å². The zero-order valence-electron chi connectivity index (χ0n) is 11.9. The Hall–Kier alpha value is -2.21. The first-order chi connectivity index (χ1) is 10.2. The molecule has 0 spiro atoms. The first-order valence-corrected chi connectivity index (χ1v) is 6.95. The Balaban J connectivity index is 1.65. The van der Waals surface area contributed by atoms with Gasteiger partial charge in [0.1, 0.15) is 0 Å². The Kier molecular flexibility index (Phi) is 3.96. The van der Waals surface area contributed by atoms with E-state index in [0.29, 0.717) is 31.5 Å². The summed E-state index contributed by atoms with van der Waals surface area (Å²) in [6.45, 7) is 1.47. The molecule has 0 bridgehead atoms. The third-order valence-electron chi connectivity index (χ3n) is 3.53. The Morgan fingerprint density at radius 2 is 2.19 bits per heavy atom. The molecule has 110 valence electrons. The van der Waals surface area contributed by atoms with E-state index in [1.807, 2.05) is 30.3 Å². The van der Waals surface area contributed by atoms with E-state index >= 15 is 0 Å². The van der Waals surface area contributed by atoms with Gasteiger partial charge in [0, 0.05) is 19.2 Å². The molecule has 1 aliphatic heterocycles. The molecule has 1 aliphatic rings. The summed E-state index contributed by atoms with van der Waals surface area (Å²) >= 11 is 0. The number of benzene rings is 1. The molecule has 1 fully saturated rings. The molecule has 21 heavy (non-hydrogen) atoms. The average molecular weight is 287 g/mol. The van der Waals surface area contributed by atoms with Crippen molar-refractivity contribution in [3.63, 3.8) is 0 Å². The molecule has 1 atom stereocenters. The molecule has 2 aromatic rings. The van der Waals surface area contributed by atoms with Crippen molar-refractivity contribution in [3.8, 4) is 11.4 Å². The predicted molar refractivity (Wildman–Crippen MR) is 75.1 cm³/mol. The molecule has 0 saturated carbocycles. The predicted octanol–water partition coefficient (Wildman–Crippen LogP) is 1.73. The highest BCUT2D eigenvalue weighted by Crippen LogP contribution is 2.18. The van der Waals surface area contributed by atoms with E-state index in [4.69, 9.17) is 9.26 Å². The molecule has 6 nitrogen and oxygen atoms in total. The Bertz CT molecular complexity index is 606. The summed E-state index contributed by atoms with van der Waals surface area (Å²) in [7, 11) is 1.74. The number of amides is 1. The lowest BCUT2D eigenvalue weighted by Gasteiger charge is -2.18. The van der Waals surface area contributed by atoms with Crippen molar-refractivity contribution in [2.24, 2.45) is 5.92 Å². The summed E-state index contributed by atoms with van der Waals surface area (Å²) in [5.41, 5.74) is 0.894. The molecule has 1 amide bonds. The second kappa shape index (κ2) is 6.05. The van der Waals surface area contributed by atoms with Gasteiger partial charge in [0.2, 0.25) is 17.6 Å². The fourth-order valence-electron chi connectivity index (χ4n) is 2.35. The molecule has 6 heteroatoms. The van der Waals surface area contributed by atoms with Gasteiger partial charge in [0.15, 0.2) is 0 Å². The number of rotatable bonds is 4. The van der Waals surface area contributed by atoms with Crippen LogP contribution in [0.25, 0.3) is 11.4 Å². The minimum absolute atomic E-state index is 0.0495. The highest BCUT2D eigenvalue weighted by molar-refractivity contribution is 5.78. The zero-order valence-corrected chi connectivity index (χ0v) is 11.9. The number of carbonyl (C=O) groups excluding carboxylic acids is 1. The van der Waals surface area contributed by atoms with Crippen LogP contribution in [0, 0.1) is 5.92 Å². The maximum absolute atomic E-state index is 12.2. The largest absolute Gasteiger partial charge is 0.381 e. The van der Waals surface area contributed by atoms with E-state index < -0.39 is 0 Å². The SMILES string of the molecule is CN(Cc1nc(-c2ccccc2)no1)C(=O)C1CCOC1. The van der Waals surface area contributed by atoms with Crippen LogP contribution in [0.2, 0.25) is 0 Å². The maximum Gasteiger partial charge on any atom is 0.246 e. The fraction of sp³-hybridized carbons (Fsp3) is 0.400. The number of aromatic nitrogens is 2. The topological polar surface area (TPSA) is 68.5 Å². The van der Waals surface area contributed by atoms with E-state index in [1.54, 1.807) is 11.9 Å². The average Bonchev–Trinajstić information content (AvgIpc) is 3.19. The molecule has 2 heterocycles. The second-order valence-electron chi connectivity index (χ2n) is 5.13. The van der Waals surface area contributed by atoms with Gasteiger partial charge in [-0.15, -0.1) is 0 Å². The lowest BCUT2D eigenvalue weighted by Crippen LogP contribution is -2.32. The van der Waals surface area contributed by atoms with E-state index in [-0.39, 0.29) is 11.8 Å².